The fourth-order valence-corrected chi connectivity index (χ4v) is 3.41. The number of hydrogen-bond acceptors (Lipinski definition) is 3. The number of nitrogens with one attached hydrogen (secondary N) is 1. The number of nitrogens with two attached hydrogens (primary N) is 1. The molecule has 0 spiro atoms. The minimum absolute atomic E-state index is 0.759. The van der Waals surface area contributed by atoms with E-state index in [0.29, 0.717) is 0 Å². The Morgan fingerprint density at radius 3 is 2.90 bits per heavy atom. The molecule has 110 valence electrons. The number of rotatable bonds is 6. The maximum atomic E-state index is 5.64. The maximum Gasteiger partial charge on any atom is 0.139 e. The number of nitrogens with zero attached hydrogens (tertiary/aromatic N) is 1. The Hall–Kier alpha value is -1.65. The Bertz CT molecular complexity index is 713. The van der Waals surface area contributed by atoms with E-state index in [0.717, 1.165) is 37.2 Å². The van der Waals surface area contributed by atoms with Crippen molar-refractivity contribution < 1.29 is 0 Å². The molecular weight excluding hydrogens is 278 g/mol. The quantitative estimate of drug-likeness (QED) is 0.672. The van der Waals surface area contributed by atoms with E-state index in [-0.39, 0.29) is 0 Å². The Kier molecular flexibility index (Phi) is 4.36. The molecule has 3 aromatic rings. The molecule has 0 aliphatic rings. The average molecular weight is 299 g/mol. The van der Waals surface area contributed by atoms with Gasteiger partial charge in [-0.1, -0.05) is 13.0 Å². The van der Waals surface area contributed by atoms with Crippen LogP contribution in [0.1, 0.15) is 30.9 Å². The summed E-state index contributed by atoms with van der Waals surface area (Å²) in [7, 11) is 0. The van der Waals surface area contributed by atoms with Gasteiger partial charge in [-0.25, -0.2) is 4.98 Å². The predicted molar refractivity (Wildman–Crippen MR) is 90.8 cm³/mol. The van der Waals surface area contributed by atoms with Crippen LogP contribution in [0.25, 0.3) is 21.6 Å². The van der Waals surface area contributed by atoms with Gasteiger partial charge in [0.2, 0.25) is 0 Å². The van der Waals surface area contributed by atoms with Crippen molar-refractivity contribution in [3.05, 3.63) is 40.9 Å². The second-order valence-corrected chi connectivity index (χ2v) is 6.19. The van der Waals surface area contributed by atoms with Crippen molar-refractivity contribution >= 4 is 22.2 Å². The maximum absolute atomic E-state index is 5.64. The molecule has 3 N–H and O–H groups in total. The van der Waals surface area contributed by atoms with Crippen LogP contribution in [0.15, 0.2) is 29.8 Å². The van der Waals surface area contributed by atoms with Crippen LogP contribution in [0.4, 0.5) is 0 Å². The molecule has 0 fully saturated rings. The van der Waals surface area contributed by atoms with Gasteiger partial charge in [0, 0.05) is 22.5 Å². The molecule has 0 unspecified atom stereocenters. The third-order valence-corrected chi connectivity index (χ3v) is 4.70. The SMILES string of the molecule is CCc1ccc2[nH]c(-c3nccs3)c(CCCCN)c2c1. The van der Waals surface area contributed by atoms with Crippen LogP contribution in [0.2, 0.25) is 0 Å². The molecule has 0 saturated carbocycles. The van der Waals surface area contributed by atoms with Gasteiger partial charge in [0.15, 0.2) is 0 Å². The molecule has 2 heterocycles. The number of hydrogen-bond donors (Lipinski definition) is 2. The van der Waals surface area contributed by atoms with E-state index in [1.165, 1.54) is 27.7 Å². The van der Waals surface area contributed by atoms with Crippen LogP contribution in [0.3, 0.4) is 0 Å². The predicted octanol–water partition coefficient (Wildman–Crippen LogP) is 4.14. The fraction of sp³-hybridized carbons (Fsp3) is 0.353. The third kappa shape index (κ3) is 2.87. The highest BCUT2D eigenvalue weighted by atomic mass is 32.1. The summed E-state index contributed by atoms with van der Waals surface area (Å²) in [6, 6.07) is 6.71. The average Bonchev–Trinajstić information content (AvgIpc) is 3.14. The standard InChI is InChI=1S/C17H21N3S/c1-2-12-6-7-15-14(11-12)13(5-3-4-8-18)16(20-15)17-19-9-10-21-17/h6-7,9-11,20H,2-5,8,18H2,1H3. The van der Waals surface area contributed by atoms with Crippen LogP contribution < -0.4 is 5.73 Å². The summed E-state index contributed by atoms with van der Waals surface area (Å²) in [5.41, 5.74) is 10.8. The minimum atomic E-state index is 0.759. The van der Waals surface area contributed by atoms with Gasteiger partial charge in [0.05, 0.1) is 5.69 Å². The van der Waals surface area contributed by atoms with Crippen molar-refractivity contribution in [1.82, 2.24) is 9.97 Å². The third-order valence-electron chi connectivity index (χ3n) is 3.91. The van der Waals surface area contributed by atoms with Crippen molar-refractivity contribution in [2.24, 2.45) is 5.73 Å². The summed E-state index contributed by atoms with van der Waals surface area (Å²) in [5.74, 6) is 0. The molecule has 4 heteroatoms. The second kappa shape index (κ2) is 6.41. The topological polar surface area (TPSA) is 54.7 Å². The van der Waals surface area contributed by atoms with E-state index in [1.807, 2.05) is 11.6 Å². The molecule has 0 amide bonds. The zero-order valence-electron chi connectivity index (χ0n) is 12.4. The first-order valence-electron chi connectivity index (χ1n) is 7.57. The Labute approximate surface area is 129 Å². The highest BCUT2D eigenvalue weighted by molar-refractivity contribution is 7.13. The number of aromatic nitrogens is 2. The van der Waals surface area contributed by atoms with E-state index < -0.39 is 0 Å². The highest BCUT2D eigenvalue weighted by Crippen LogP contribution is 2.33. The summed E-state index contributed by atoms with van der Waals surface area (Å²) in [6.07, 6.45) is 6.18. The number of aryl methyl sites for hydroxylation is 2. The van der Waals surface area contributed by atoms with Gasteiger partial charge in [-0.3, -0.25) is 0 Å². The number of unbranched alkanes of at least 4 members (excludes halogenated alkanes) is 1. The van der Waals surface area contributed by atoms with Crippen molar-refractivity contribution in [2.45, 2.75) is 32.6 Å². The van der Waals surface area contributed by atoms with Gasteiger partial charge in [0.1, 0.15) is 5.01 Å². The molecule has 3 rings (SSSR count). The van der Waals surface area contributed by atoms with Gasteiger partial charge in [-0.15, -0.1) is 11.3 Å². The largest absolute Gasteiger partial charge is 0.352 e. The molecular formula is C17H21N3S. The van der Waals surface area contributed by atoms with Gasteiger partial charge >= 0.3 is 0 Å². The van der Waals surface area contributed by atoms with E-state index in [1.54, 1.807) is 11.3 Å². The molecule has 3 nitrogen and oxygen atoms in total. The molecule has 21 heavy (non-hydrogen) atoms. The number of fused-ring (bicyclic) bond motifs is 1. The van der Waals surface area contributed by atoms with Crippen LogP contribution in [0.5, 0.6) is 0 Å². The van der Waals surface area contributed by atoms with Gasteiger partial charge in [0.25, 0.3) is 0 Å². The number of H-pyrrole nitrogens is 1. The van der Waals surface area contributed by atoms with E-state index in [9.17, 15) is 0 Å². The first kappa shape index (κ1) is 14.3. The molecule has 0 saturated heterocycles. The normalized spacial score (nSPS) is 11.3. The smallest absolute Gasteiger partial charge is 0.139 e. The summed E-state index contributed by atoms with van der Waals surface area (Å²) in [5, 5.41) is 4.45. The summed E-state index contributed by atoms with van der Waals surface area (Å²) < 4.78 is 0. The molecule has 0 aliphatic heterocycles. The van der Waals surface area contributed by atoms with Crippen molar-refractivity contribution in [3.8, 4) is 10.7 Å². The van der Waals surface area contributed by atoms with Gasteiger partial charge < -0.3 is 10.7 Å². The first-order valence-corrected chi connectivity index (χ1v) is 8.45. The number of aromatic amines is 1. The minimum Gasteiger partial charge on any atom is -0.352 e. The number of thiazole rings is 1. The molecule has 0 aliphatic carbocycles. The van der Waals surface area contributed by atoms with Crippen LogP contribution in [-0.2, 0) is 12.8 Å². The van der Waals surface area contributed by atoms with Crippen LogP contribution in [0, 0.1) is 0 Å². The first-order chi connectivity index (χ1) is 10.3. The zero-order chi connectivity index (χ0) is 14.7. The Balaban J connectivity index is 2.09. The molecule has 0 atom stereocenters. The lowest BCUT2D eigenvalue weighted by atomic mass is 10.0. The lowest BCUT2D eigenvalue weighted by Crippen LogP contribution is -1.99. The van der Waals surface area contributed by atoms with Gasteiger partial charge in [-0.2, -0.15) is 0 Å². The molecule has 2 aromatic heterocycles. The van der Waals surface area contributed by atoms with E-state index in [2.05, 4.69) is 35.1 Å². The Morgan fingerprint density at radius 2 is 2.19 bits per heavy atom. The van der Waals surface area contributed by atoms with Gasteiger partial charge in [-0.05, 0) is 55.5 Å². The van der Waals surface area contributed by atoms with E-state index in [4.69, 9.17) is 5.73 Å². The lowest BCUT2D eigenvalue weighted by molar-refractivity contribution is 0.748. The Morgan fingerprint density at radius 1 is 1.29 bits per heavy atom. The summed E-state index contributed by atoms with van der Waals surface area (Å²) in [6.45, 7) is 2.96. The van der Waals surface area contributed by atoms with Crippen molar-refractivity contribution in [3.63, 3.8) is 0 Å². The summed E-state index contributed by atoms with van der Waals surface area (Å²) in [4.78, 5) is 8.04. The molecule has 0 radical (unpaired) electrons. The zero-order valence-corrected chi connectivity index (χ0v) is 13.2. The van der Waals surface area contributed by atoms with Crippen molar-refractivity contribution in [2.75, 3.05) is 6.54 Å². The number of benzene rings is 1. The van der Waals surface area contributed by atoms with Crippen molar-refractivity contribution in [1.29, 1.82) is 0 Å². The summed E-state index contributed by atoms with van der Waals surface area (Å²) >= 11 is 1.69. The van der Waals surface area contributed by atoms with E-state index >= 15 is 0 Å². The highest BCUT2D eigenvalue weighted by Gasteiger charge is 2.14. The lowest BCUT2D eigenvalue weighted by Gasteiger charge is -2.03. The monoisotopic (exact) mass is 299 g/mol. The second-order valence-electron chi connectivity index (χ2n) is 5.30. The molecule has 1 aromatic carbocycles. The van der Waals surface area contributed by atoms with Crippen LogP contribution in [-0.4, -0.2) is 16.5 Å². The van der Waals surface area contributed by atoms with Crippen LogP contribution >= 0.6 is 11.3 Å². The molecule has 0 bridgehead atoms. The fourth-order valence-electron chi connectivity index (χ4n) is 2.75.